The molecule has 11 heteroatoms. The van der Waals surface area contributed by atoms with Crippen LogP contribution in [0.5, 0.6) is 5.75 Å². The maximum Gasteiger partial charge on any atom is 0.264 e. The van der Waals surface area contributed by atoms with Crippen LogP contribution in [0.25, 0.3) is 0 Å². The summed E-state index contributed by atoms with van der Waals surface area (Å²) in [5, 5.41) is 0. The highest BCUT2D eigenvalue weighted by atomic mass is 19.2. The molecule has 1 nitrogen and oxygen atoms in total. The molecule has 0 saturated carbocycles. The molecule has 0 heterocycles. The predicted molar refractivity (Wildman–Crippen MR) is 90.2 cm³/mol. The Hall–Kier alpha value is -3.11. The van der Waals surface area contributed by atoms with Crippen LogP contribution in [0.3, 0.4) is 0 Å². The van der Waals surface area contributed by atoms with Crippen LogP contribution in [-0.4, -0.2) is 13.8 Å². The van der Waals surface area contributed by atoms with Gasteiger partial charge in [0.2, 0.25) is 0 Å². The number of ether oxygens (including phenoxy) is 1. The second-order valence-electron chi connectivity index (χ2n) is 6.10. The lowest BCUT2D eigenvalue weighted by Gasteiger charge is -2.20. The molecule has 0 amide bonds. The third kappa shape index (κ3) is 3.59. The molecule has 0 N–H and O–H groups in total. The summed E-state index contributed by atoms with van der Waals surface area (Å²) in [6, 6.07) is 0.522. The zero-order valence-electron chi connectivity index (χ0n) is 14.8. The standard InChI is InChI=1S/C19H8BF9O/c1-30-19-14(28)6-13(27)17(18(19)29)20(15-9(23)2-7(21)3-10(15)24)16-11(25)4-8(22)5-12(16)26/h2-6H,1H3. The van der Waals surface area contributed by atoms with Crippen LogP contribution in [0, 0.1) is 52.4 Å². The summed E-state index contributed by atoms with van der Waals surface area (Å²) >= 11 is 0. The molecule has 0 fully saturated rings. The van der Waals surface area contributed by atoms with Gasteiger partial charge in [0, 0.05) is 46.7 Å². The molecule has 0 unspecified atom stereocenters. The first kappa shape index (κ1) is 21.6. The fourth-order valence-corrected chi connectivity index (χ4v) is 3.13. The second-order valence-corrected chi connectivity index (χ2v) is 6.10. The number of methoxy groups -OCH3 is 1. The van der Waals surface area contributed by atoms with Gasteiger partial charge in [0.25, 0.3) is 6.71 Å². The highest BCUT2D eigenvalue weighted by Gasteiger charge is 2.39. The van der Waals surface area contributed by atoms with Crippen molar-refractivity contribution in [2.45, 2.75) is 0 Å². The Morgan fingerprint density at radius 3 is 1.27 bits per heavy atom. The Bertz CT molecular complexity index is 1050. The van der Waals surface area contributed by atoms with Crippen molar-refractivity contribution in [3.05, 3.63) is 82.7 Å². The molecule has 0 aliphatic heterocycles. The van der Waals surface area contributed by atoms with E-state index in [4.69, 9.17) is 0 Å². The van der Waals surface area contributed by atoms with Crippen LogP contribution in [0.1, 0.15) is 0 Å². The van der Waals surface area contributed by atoms with Crippen molar-refractivity contribution in [2.24, 2.45) is 0 Å². The lowest BCUT2D eigenvalue weighted by atomic mass is 9.36. The number of benzene rings is 3. The highest BCUT2D eigenvalue weighted by molar-refractivity contribution is 6.95. The lowest BCUT2D eigenvalue weighted by molar-refractivity contribution is 0.358. The van der Waals surface area contributed by atoms with E-state index in [0.29, 0.717) is 0 Å². The predicted octanol–water partition coefficient (Wildman–Crippen LogP) is 3.46. The molecular weight excluding hydrogens is 426 g/mol. The molecule has 0 radical (unpaired) electrons. The van der Waals surface area contributed by atoms with Gasteiger partial charge in [-0.05, 0) is 0 Å². The van der Waals surface area contributed by atoms with Gasteiger partial charge in [-0.1, -0.05) is 0 Å². The fraction of sp³-hybridized carbons (Fsp3) is 0.0526. The minimum absolute atomic E-state index is 0.0723. The van der Waals surface area contributed by atoms with E-state index >= 15 is 0 Å². The minimum Gasteiger partial charge on any atom is -0.491 e. The Labute approximate surface area is 163 Å². The van der Waals surface area contributed by atoms with Gasteiger partial charge in [0.1, 0.15) is 40.7 Å². The van der Waals surface area contributed by atoms with Crippen LogP contribution < -0.4 is 21.1 Å². The molecule has 0 atom stereocenters. The average Bonchev–Trinajstić information content (AvgIpc) is 2.59. The van der Waals surface area contributed by atoms with E-state index in [-0.39, 0.29) is 30.3 Å². The molecule has 3 aromatic carbocycles. The molecule has 3 rings (SSSR count). The summed E-state index contributed by atoms with van der Waals surface area (Å²) in [4.78, 5) is 0. The van der Waals surface area contributed by atoms with Gasteiger partial charge in [0.05, 0.1) is 7.11 Å². The van der Waals surface area contributed by atoms with Gasteiger partial charge in [0.15, 0.2) is 17.4 Å². The quantitative estimate of drug-likeness (QED) is 0.452. The Morgan fingerprint density at radius 1 is 0.533 bits per heavy atom. The SMILES string of the molecule is COc1c(F)cc(F)c(B(c2c(F)cc(F)cc2F)c2c(F)cc(F)cc2F)c1F. The number of halogens is 9. The summed E-state index contributed by atoms with van der Waals surface area (Å²) in [7, 11) is 0.788. The van der Waals surface area contributed by atoms with Crippen molar-refractivity contribution in [3.8, 4) is 5.75 Å². The lowest BCUT2D eigenvalue weighted by Crippen LogP contribution is -2.59. The Kier molecular flexibility index (Phi) is 5.73. The van der Waals surface area contributed by atoms with Crippen LogP contribution in [0.15, 0.2) is 30.3 Å². The van der Waals surface area contributed by atoms with Crippen molar-refractivity contribution in [1.29, 1.82) is 0 Å². The van der Waals surface area contributed by atoms with Crippen molar-refractivity contribution >= 4 is 23.1 Å². The summed E-state index contributed by atoms with van der Waals surface area (Å²) < 4.78 is 132. The molecule has 0 saturated heterocycles. The summed E-state index contributed by atoms with van der Waals surface area (Å²) in [5.74, 6) is -16.2. The minimum atomic E-state index is -2.57. The average molecular weight is 434 g/mol. The largest absolute Gasteiger partial charge is 0.491 e. The smallest absolute Gasteiger partial charge is 0.264 e. The van der Waals surface area contributed by atoms with Gasteiger partial charge < -0.3 is 4.74 Å². The Balaban J connectivity index is 2.49. The normalized spacial score (nSPS) is 11.0. The monoisotopic (exact) mass is 434 g/mol. The zero-order chi connectivity index (χ0) is 22.3. The topological polar surface area (TPSA) is 9.23 Å². The molecule has 0 aromatic heterocycles. The van der Waals surface area contributed by atoms with Crippen LogP contribution in [-0.2, 0) is 0 Å². The molecular formula is C19H8BF9O. The van der Waals surface area contributed by atoms with Crippen molar-refractivity contribution in [1.82, 2.24) is 0 Å². The highest BCUT2D eigenvalue weighted by Crippen LogP contribution is 2.22. The van der Waals surface area contributed by atoms with Gasteiger partial charge in [-0.15, -0.1) is 0 Å². The van der Waals surface area contributed by atoms with Gasteiger partial charge in [-0.2, -0.15) is 0 Å². The molecule has 0 spiro atoms. The van der Waals surface area contributed by atoms with Crippen LogP contribution in [0.4, 0.5) is 39.5 Å². The first-order valence-electron chi connectivity index (χ1n) is 8.07. The van der Waals surface area contributed by atoms with E-state index in [2.05, 4.69) is 4.74 Å². The van der Waals surface area contributed by atoms with E-state index in [9.17, 15) is 39.5 Å². The molecule has 0 aliphatic rings. The first-order chi connectivity index (χ1) is 14.1. The molecule has 30 heavy (non-hydrogen) atoms. The number of hydrogen-bond donors (Lipinski definition) is 0. The molecule has 0 bridgehead atoms. The van der Waals surface area contributed by atoms with Crippen LogP contribution >= 0.6 is 0 Å². The molecule has 156 valence electrons. The number of hydrogen-bond acceptors (Lipinski definition) is 1. The molecule has 0 aliphatic carbocycles. The fourth-order valence-electron chi connectivity index (χ4n) is 3.13. The van der Waals surface area contributed by atoms with E-state index in [1.54, 1.807) is 0 Å². The second kappa shape index (κ2) is 7.96. The summed E-state index contributed by atoms with van der Waals surface area (Å²) in [6.45, 7) is -2.57. The van der Waals surface area contributed by atoms with Gasteiger partial charge in [-0.3, -0.25) is 0 Å². The first-order valence-corrected chi connectivity index (χ1v) is 8.07. The maximum absolute atomic E-state index is 14.9. The zero-order valence-corrected chi connectivity index (χ0v) is 14.8. The summed E-state index contributed by atoms with van der Waals surface area (Å²) in [5.41, 5.74) is -4.11. The number of rotatable bonds is 4. The molecule has 3 aromatic rings. The van der Waals surface area contributed by atoms with Crippen molar-refractivity contribution in [2.75, 3.05) is 7.11 Å². The van der Waals surface area contributed by atoms with Crippen LogP contribution in [0.2, 0.25) is 0 Å². The summed E-state index contributed by atoms with van der Waals surface area (Å²) in [6.07, 6.45) is 0. The third-order valence-corrected chi connectivity index (χ3v) is 4.32. The van der Waals surface area contributed by atoms with E-state index in [0.717, 1.165) is 7.11 Å². The van der Waals surface area contributed by atoms with E-state index in [1.807, 2.05) is 0 Å². The maximum atomic E-state index is 14.9. The van der Waals surface area contributed by atoms with Crippen molar-refractivity contribution < 1.29 is 44.3 Å². The third-order valence-electron chi connectivity index (χ3n) is 4.32. The van der Waals surface area contributed by atoms with Gasteiger partial charge >= 0.3 is 0 Å². The van der Waals surface area contributed by atoms with Gasteiger partial charge in [-0.25, -0.2) is 39.5 Å². The Morgan fingerprint density at radius 2 is 0.900 bits per heavy atom. The van der Waals surface area contributed by atoms with Crippen molar-refractivity contribution in [3.63, 3.8) is 0 Å². The van der Waals surface area contributed by atoms with E-state index in [1.165, 1.54) is 0 Å². The van der Waals surface area contributed by atoms with E-state index < -0.39 is 81.2 Å².